The molecular weight excluding hydrogens is 418 g/mol. The van der Waals surface area contributed by atoms with Crippen LogP contribution in [0, 0.1) is 11.3 Å². The number of rotatable bonds is 4. The number of piperidine rings is 1. The van der Waals surface area contributed by atoms with E-state index in [4.69, 9.17) is 4.74 Å². The van der Waals surface area contributed by atoms with Gasteiger partial charge in [-0.3, -0.25) is 0 Å². The Labute approximate surface area is 193 Å². The van der Waals surface area contributed by atoms with Crippen molar-refractivity contribution in [1.29, 1.82) is 5.26 Å². The zero-order valence-corrected chi connectivity index (χ0v) is 19.7. The molecule has 0 unspecified atom stereocenters. The zero-order chi connectivity index (χ0) is 22.7. The van der Waals surface area contributed by atoms with Gasteiger partial charge in [0.2, 0.25) is 0 Å². The maximum Gasteiger partial charge on any atom is 0.410 e. The molecule has 1 aliphatic heterocycles. The van der Waals surface area contributed by atoms with E-state index in [1.165, 1.54) is 15.8 Å². The van der Waals surface area contributed by atoms with Gasteiger partial charge in [0.05, 0.1) is 11.6 Å². The van der Waals surface area contributed by atoms with Gasteiger partial charge in [0.25, 0.3) is 0 Å². The summed E-state index contributed by atoms with van der Waals surface area (Å²) >= 11 is 1.75. The molecule has 1 fully saturated rings. The van der Waals surface area contributed by atoms with E-state index in [2.05, 4.69) is 46.7 Å². The summed E-state index contributed by atoms with van der Waals surface area (Å²) in [6, 6.07) is 19.1. The number of benzene rings is 2. The molecule has 0 saturated carbocycles. The zero-order valence-electron chi connectivity index (χ0n) is 18.9. The first-order valence-electron chi connectivity index (χ1n) is 11.0. The minimum Gasteiger partial charge on any atom is -0.444 e. The summed E-state index contributed by atoms with van der Waals surface area (Å²) in [6.45, 7) is 7.77. The smallest absolute Gasteiger partial charge is 0.410 e. The Balaban J connectivity index is 1.55. The molecule has 0 N–H and O–H groups in total. The van der Waals surface area contributed by atoms with E-state index >= 15 is 0 Å². The summed E-state index contributed by atoms with van der Waals surface area (Å²) in [5, 5.41) is 12.7. The molecule has 0 spiro atoms. The topological polar surface area (TPSA) is 56.6 Å². The first kappa shape index (κ1) is 22.2. The molecule has 3 aromatic rings. The van der Waals surface area contributed by atoms with Crippen molar-refractivity contribution in [3.05, 3.63) is 65.0 Å². The van der Waals surface area contributed by atoms with Gasteiger partial charge in [-0.2, -0.15) is 5.26 Å². The van der Waals surface area contributed by atoms with Crippen molar-refractivity contribution in [3.63, 3.8) is 0 Å². The Bertz CT molecular complexity index is 1130. The lowest BCUT2D eigenvalue weighted by molar-refractivity contribution is 0.0204. The van der Waals surface area contributed by atoms with E-state index in [9.17, 15) is 10.1 Å². The fourth-order valence-electron chi connectivity index (χ4n) is 4.19. The van der Waals surface area contributed by atoms with Crippen molar-refractivity contribution in [1.82, 2.24) is 4.90 Å². The fraction of sp³-hybridized carbons (Fsp3) is 0.385. The Morgan fingerprint density at radius 1 is 1.19 bits per heavy atom. The number of hydrogen-bond acceptors (Lipinski definition) is 5. The molecule has 166 valence electrons. The molecular formula is C26H29N3O2S. The fourth-order valence-corrected chi connectivity index (χ4v) is 4.96. The van der Waals surface area contributed by atoms with Gasteiger partial charge in [-0.05, 0) is 86.3 Å². The summed E-state index contributed by atoms with van der Waals surface area (Å²) in [5.41, 5.74) is 2.48. The van der Waals surface area contributed by atoms with Crippen LogP contribution in [0.1, 0.15) is 44.7 Å². The van der Waals surface area contributed by atoms with Crippen LogP contribution in [-0.4, -0.2) is 35.7 Å². The highest BCUT2D eigenvalue weighted by Crippen LogP contribution is 2.31. The predicted molar refractivity (Wildman–Crippen MR) is 130 cm³/mol. The number of likely N-dealkylation sites (tertiary alicyclic amines) is 1. The van der Waals surface area contributed by atoms with Gasteiger partial charge < -0.3 is 14.5 Å². The van der Waals surface area contributed by atoms with Crippen molar-refractivity contribution >= 4 is 33.2 Å². The van der Waals surface area contributed by atoms with Crippen molar-refractivity contribution in [2.75, 3.05) is 18.0 Å². The molecule has 1 amide bonds. The number of fused-ring (bicyclic) bond motifs is 1. The molecule has 2 aromatic carbocycles. The largest absolute Gasteiger partial charge is 0.444 e. The second kappa shape index (κ2) is 9.22. The molecule has 0 aliphatic carbocycles. The molecule has 6 heteroatoms. The summed E-state index contributed by atoms with van der Waals surface area (Å²) in [5.74, 6) is 0. The number of anilines is 1. The third-order valence-electron chi connectivity index (χ3n) is 5.73. The lowest BCUT2D eigenvalue weighted by atomic mass is 10.0. The van der Waals surface area contributed by atoms with Gasteiger partial charge in [-0.25, -0.2) is 4.79 Å². The quantitative estimate of drug-likeness (QED) is 0.479. The standard InChI is InChI=1S/C26H29N3O2S/c1-26(2,3)31-25(30)28-12-9-22(10-13-28)29(18-20-6-4-5-19(15-20)17-27)23-7-8-24-21(16-23)11-14-32-24/h4-8,11,14-16,22H,9-10,12-13,18H2,1-3H3. The van der Waals surface area contributed by atoms with Gasteiger partial charge in [0.15, 0.2) is 0 Å². The number of nitriles is 1. The summed E-state index contributed by atoms with van der Waals surface area (Å²) in [6.07, 6.45) is 1.52. The van der Waals surface area contributed by atoms with Crippen LogP contribution >= 0.6 is 11.3 Å². The molecule has 5 nitrogen and oxygen atoms in total. The lowest BCUT2D eigenvalue weighted by Crippen LogP contribution is -2.48. The van der Waals surface area contributed by atoms with Gasteiger partial charge in [0, 0.05) is 36.1 Å². The Kier molecular flexibility index (Phi) is 6.38. The highest BCUT2D eigenvalue weighted by molar-refractivity contribution is 7.17. The molecule has 2 heterocycles. The average Bonchev–Trinajstić information content (AvgIpc) is 3.24. The van der Waals surface area contributed by atoms with Crippen LogP contribution in [0.2, 0.25) is 0 Å². The minimum absolute atomic E-state index is 0.232. The van der Waals surface area contributed by atoms with E-state index in [0.717, 1.165) is 24.9 Å². The molecule has 1 aliphatic rings. The highest BCUT2D eigenvalue weighted by atomic mass is 32.1. The summed E-state index contributed by atoms with van der Waals surface area (Å²) < 4.78 is 6.84. The molecule has 0 atom stereocenters. The van der Waals surface area contributed by atoms with Crippen LogP contribution in [0.4, 0.5) is 10.5 Å². The van der Waals surface area contributed by atoms with Gasteiger partial charge >= 0.3 is 6.09 Å². The molecule has 32 heavy (non-hydrogen) atoms. The second-order valence-corrected chi connectivity index (χ2v) is 10.2. The van der Waals surface area contributed by atoms with E-state index in [1.54, 1.807) is 11.3 Å². The van der Waals surface area contributed by atoms with Gasteiger partial charge in [0.1, 0.15) is 5.60 Å². The monoisotopic (exact) mass is 447 g/mol. The Morgan fingerprint density at radius 3 is 2.69 bits per heavy atom. The second-order valence-electron chi connectivity index (χ2n) is 9.28. The lowest BCUT2D eigenvalue weighted by Gasteiger charge is -2.40. The maximum absolute atomic E-state index is 12.5. The number of hydrogen-bond donors (Lipinski definition) is 0. The molecule has 1 aromatic heterocycles. The van der Waals surface area contributed by atoms with Crippen molar-refractivity contribution in [2.45, 2.75) is 51.8 Å². The summed E-state index contributed by atoms with van der Waals surface area (Å²) in [7, 11) is 0. The number of thiophene rings is 1. The molecule has 4 rings (SSSR count). The number of carbonyl (C=O) groups is 1. The average molecular weight is 448 g/mol. The van der Waals surface area contributed by atoms with E-state index in [0.29, 0.717) is 24.7 Å². The van der Waals surface area contributed by atoms with E-state index < -0.39 is 5.60 Å². The van der Waals surface area contributed by atoms with Crippen LogP contribution in [0.5, 0.6) is 0 Å². The van der Waals surface area contributed by atoms with Crippen LogP contribution in [-0.2, 0) is 11.3 Å². The Hall–Kier alpha value is -3.04. The normalized spacial score (nSPS) is 14.9. The van der Waals surface area contributed by atoms with Gasteiger partial charge in [-0.15, -0.1) is 11.3 Å². The van der Waals surface area contributed by atoms with Crippen molar-refractivity contribution < 1.29 is 9.53 Å². The maximum atomic E-state index is 12.5. The first-order valence-corrected chi connectivity index (χ1v) is 11.9. The number of nitrogens with zero attached hydrogens (tertiary/aromatic N) is 3. The Morgan fingerprint density at radius 2 is 1.97 bits per heavy atom. The molecule has 1 saturated heterocycles. The van der Waals surface area contributed by atoms with Crippen molar-refractivity contribution in [3.8, 4) is 6.07 Å². The third kappa shape index (κ3) is 5.23. The van der Waals surface area contributed by atoms with Crippen LogP contribution in [0.15, 0.2) is 53.9 Å². The number of amides is 1. The SMILES string of the molecule is CC(C)(C)OC(=O)N1CCC(N(Cc2cccc(C#N)c2)c2ccc3sccc3c2)CC1. The number of ether oxygens (including phenoxy) is 1. The first-order chi connectivity index (χ1) is 15.3. The van der Waals surface area contributed by atoms with Crippen molar-refractivity contribution in [2.24, 2.45) is 0 Å². The van der Waals surface area contributed by atoms with Crippen LogP contribution < -0.4 is 4.90 Å². The number of carbonyl (C=O) groups excluding carboxylic acids is 1. The third-order valence-corrected chi connectivity index (χ3v) is 6.63. The minimum atomic E-state index is -0.484. The predicted octanol–water partition coefficient (Wildman–Crippen LogP) is 6.18. The van der Waals surface area contributed by atoms with Gasteiger partial charge in [-0.1, -0.05) is 12.1 Å². The molecule has 0 radical (unpaired) electrons. The molecule has 0 bridgehead atoms. The van der Waals surface area contributed by atoms with Crippen LogP contribution in [0.3, 0.4) is 0 Å². The summed E-state index contributed by atoms with van der Waals surface area (Å²) in [4.78, 5) is 16.7. The van der Waals surface area contributed by atoms with E-state index in [1.807, 2.05) is 43.9 Å². The van der Waals surface area contributed by atoms with Crippen LogP contribution in [0.25, 0.3) is 10.1 Å². The highest BCUT2D eigenvalue weighted by Gasteiger charge is 2.30. The van der Waals surface area contributed by atoms with E-state index in [-0.39, 0.29) is 6.09 Å².